The van der Waals surface area contributed by atoms with Crippen LogP contribution in [-0.2, 0) is 23.9 Å². The van der Waals surface area contributed by atoms with Gasteiger partial charge in [0.1, 0.15) is 23.3 Å². The number of esters is 1. The zero-order chi connectivity index (χ0) is 28.4. The molecule has 39 heavy (non-hydrogen) atoms. The molecule has 3 unspecified atom stereocenters. The second kappa shape index (κ2) is 11.5. The number of aliphatic hydroxyl groups is 1. The van der Waals surface area contributed by atoms with Gasteiger partial charge in [0.25, 0.3) is 5.91 Å². The summed E-state index contributed by atoms with van der Waals surface area (Å²) in [6, 6.07) is 6.04. The van der Waals surface area contributed by atoms with E-state index in [-0.39, 0.29) is 44.0 Å². The van der Waals surface area contributed by atoms with Crippen molar-refractivity contribution in [1.29, 1.82) is 0 Å². The molecule has 0 saturated carbocycles. The summed E-state index contributed by atoms with van der Waals surface area (Å²) in [6.07, 6.45) is 6.25. The summed E-state index contributed by atoms with van der Waals surface area (Å²) in [5, 5.41) is 9.87. The lowest BCUT2D eigenvalue weighted by atomic mass is 9.62. The minimum absolute atomic E-state index is 0.0458. The van der Waals surface area contributed by atoms with E-state index in [0.29, 0.717) is 24.3 Å². The second-order valence-electron chi connectivity index (χ2n) is 10.8. The van der Waals surface area contributed by atoms with Crippen LogP contribution in [0.5, 0.6) is 5.75 Å². The normalized spacial score (nSPS) is 30.7. The van der Waals surface area contributed by atoms with E-state index in [1.165, 1.54) is 4.90 Å². The Kier molecular flexibility index (Phi) is 8.51. The van der Waals surface area contributed by atoms with Crippen LogP contribution in [0.15, 0.2) is 49.6 Å². The van der Waals surface area contributed by atoms with Crippen molar-refractivity contribution in [3.05, 3.63) is 49.6 Å². The number of methoxy groups -OCH3 is 1. The molecule has 9 nitrogen and oxygen atoms in total. The van der Waals surface area contributed by atoms with E-state index in [9.17, 15) is 19.5 Å². The van der Waals surface area contributed by atoms with E-state index in [2.05, 4.69) is 13.2 Å². The number of anilines is 1. The fourth-order valence-corrected chi connectivity index (χ4v) is 6.74. The van der Waals surface area contributed by atoms with E-state index < -0.39 is 35.0 Å². The number of allylic oxidation sites excluding steroid dienone is 1. The number of nitrogens with zero attached hydrogens (tertiary/aromatic N) is 2. The molecule has 0 aromatic heterocycles. The Bertz CT molecular complexity index is 1110. The highest BCUT2D eigenvalue weighted by Crippen LogP contribution is 2.65. The van der Waals surface area contributed by atoms with Gasteiger partial charge in [-0.25, -0.2) is 0 Å². The van der Waals surface area contributed by atoms with Gasteiger partial charge in [-0.3, -0.25) is 14.4 Å². The van der Waals surface area contributed by atoms with Gasteiger partial charge in [0.05, 0.1) is 31.8 Å². The fraction of sp³-hybridized carbons (Fsp3) is 0.567. The van der Waals surface area contributed by atoms with Crippen molar-refractivity contribution in [3.8, 4) is 5.75 Å². The predicted octanol–water partition coefficient (Wildman–Crippen LogP) is 3.12. The molecule has 1 aromatic rings. The lowest BCUT2D eigenvalue weighted by Gasteiger charge is -2.37. The maximum Gasteiger partial charge on any atom is 0.312 e. The molecule has 0 radical (unpaired) electrons. The zero-order valence-electron chi connectivity index (χ0n) is 23.1. The molecule has 4 rings (SSSR count). The average Bonchev–Trinajstić information content (AvgIpc) is 3.43. The third kappa shape index (κ3) is 4.76. The Balaban J connectivity index is 1.70. The van der Waals surface area contributed by atoms with E-state index in [4.69, 9.17) is 14.2 Å². The number of fused-ring (bicyclic) bond motifs is 1. The quantitative estimate of drug-likeness (QED) is 0.233. The standard InChI is InChI=1S/C30H40N2O7/c1-6-8-9-10-18-38-28(36)24-23-26(34)32(16-17-33)25(30(23)19-20(3)29(24,4)39-30)27(35)31(15-7-2)21-11-13-22(37-5)14-12-21/h6-7,11-14,20,23-25,33H,1-2,8-10,15-19H2,3-5H3/t20?,23-,24+,25?,29-,30?/m0/s1. The Morgan fingerprint density at radius 3 is 2.56 bits per heavy atom. The summed E-state index contributed by atoms with van der Waals surface area (Å²) in [6.45, 7) is 11.4. The minimum atomic E-state index is -1.21. The number of ether oxygens (including phenoxy) is 3. The Morgan fingerprint density at radius 1 is 1.23 bits per heavy atom. The lowest BCUT2D eigenvalue weighted by molar-refractivity contribution is -0.161. The van der Waals surface area contributed by atoms with Gasteiger partial charge >= 0.3 is 5.97 Å². The van der Waals surface area contributed by atoms with Gasteiger partial charge in [-0.1, -0.05) is 19.1 Å². The third-order valence-corrected chi connectivity index (χ3v) is 8.65. The number of hydrogen-bond donors (Lipinski definition) is 1. The number of β-amino-alcohol motifs (C(OH)–C–C–N with tert-alkyl or cyclic N) is 1. The van der Waals surface area contributed by atoms with Gasteiger partial charge in [-0.05, 0) is 62.8 Å². The molecule has 1 N–H and O–H groups in total. The maximum atomic E-state index is 14.4. The molecule has 3 aliphatic rings. The van der Waals surface area contributed by atoms with Crippen LogP contribution >= 0.6 is 0 Å². The Morgan fingerprint density at radius 2 is 1.95 bits per heavy atom. The molecule has 2 amide bonds. The van der Waals surface area contributed by atoms with Crippen LogP contribution in [-0.4, -0.2) is 78.4 Å². The average molecular weight is 541 g/mol. The van der Waals surface area contributed by atoms with Crippen molar-refractivity contribution in [2.75, 3.05) is 38.3 Å². The number of carbonyl (C=O) groups excluding carboxylic acids is 3. The number of aliphatic hydroxyl groups excluding tert-OH is 1. The summed E-state index contributed by atoms with van der Waals surface area (Å²) in [5.74, 6) is -2.36. The van der Waals surface area contributed by atoms with Crippen LogP contribution in [0.1, 0.15) is 39.5 Å². The van der Waals surface area contributed by atoms with Gasteiger partial charge in [-0.15, -0.1) is 13.2 Å². The monoisotopic (exact) mass is 540 g/mol. The number of carbonyl (C=O) groups is 3. The molecular formula is C30H40N2O7. The number of hydrogen-bond acceptors (Lipinski definition) is 7. The number of likely N-dealkylation sites (tertiary alicyclic amines) is 1. The van der Waals surface area contributed by atoms with Crippen molar-refractivity contribution in [2.45, 2.75) is 56.8 Å². The first-order valence-electron chi connectivity index (χ1n) is 13.7. The van der Waals surface area contributed by atoms with Gasteiger partial charge < -0.3 is 29.1 Å². The molecular weight excluding hydrogens is 500 g/mol. The first-order valence-corrected chi connectivity index (χ1v) is 13.7. The molecule has 2 bridgehead atoms. The first-order chi connectivity index (χ1) is 18.7. The Hall–Kier alpha value is -3.17. The summed E-state index contributed by atoms with van der Waals surface area (Å²) in [5.41, 5.74) is -1.55. The first kappa shape index (κ1) is 28.8. The summed E-state index contributed by atoms with van der Waals surface area (Å²) >= 11 is 0. The second-order valence-corrected chi connectivity index (χ2v) is 10.8. The number of amides is 2. The minimum Gasteiger partial charge on any atom is -0.497 e. The topological polar surface area (TPSA) is 106 Å². The molecule has 1 spiro atoms. The highest BCUT2D eigenvalue weighted by atomic mass is 16.6. The summed E-state index contributed by atoms with van der Waals surface area (Å²) in [4.78, 5) is 44.8. The molecule has 6 atom stereocenters. The maximum absolute atomic E-state index is 14.4. The Labute approximate surface area is 230 Å². The molecule has 212 valence electrons. The van der Waals surface area contributed by atoms with Crippen LogP contribution in [0.2, 0.25) is 0 Å². The number of unbranched alkanes of at least 4 members (excludes halogenated alkanes) is 2. The van der Waals surface area contributed by atoms with E-state index >= 15 is 0 Å². The van der Waals surface area contributed by atoms with Crippen molar-refractivity contribution in [2.24, 2.45) is 17.8 Å². The van der Waals surface area contributed by atoms with Gasteiger partial charge in [0.2, 0.25) is 5.91 Å². The fourth-order valence-electron chi connectivity index (χ4n) is 6.74. The molecule has 9 heteroatoms. The molecule has 3 aliphatic heterocycles. The zero-order valence-corrected chi connectivity index (χ0v) is 23.1. The van der Waals surface area contributed by atoms with Crippen molar-refractivity contribution >= 4 is 23.5 Å². The van der Waals surface area contributed by atoms with Crippen molar-refractivity contribution in [1.82, 2.24) is 4.90 Å². The van der Waals surface area contributed by atoms with Gasteiger partial charge in [0.15, 0.2) is 0 Å². The molecule has 3 heterocycles. The molecule has 0 aliphatic carbocycles. The van der Waals surface area contributed by atoms with E-state index in [0.717, 1.165) is 12.8 Å². The summed E-state index contributed by atoms with van der Waals surface area (Å²) in [7, 11) is 1.57. The largest absolute Gasteiger partial charge is 0.497 e. The highest BCUT2D eigenvalue weighted by molar-refractivity contribution is 6.04. The van der Waals surface area contributed by atoms with Crippen molar-refractivity contribution < 1.29 is 33.7 Å². The molecule has 1 aromatic carbocycles. The van der Waals surface area contributed by atoms with Crippen LogP contribution in [0.25, 0.3) is 0 Å². The smallest absolute Gasteiger partial charge is 0.312 e. The molecule has 3 saturated heterocycles. The summed E-state index contributed by atoms with van der Waals surface area (Å²) < 4.78 is 17.6. The van der Waals surface area contributed by atoms with Gasteiger partial charge in [0, 0.05) is 18.8 Å². The van der Waals surface area contributed by atoms with Gasteiger partial charge in [-0.2, -0.15) is 0 Å². The predicted molar refractivity (Wildman–Crippen MR) is 146 cm³/mol. The lowest BCUT2D eigenvalue weighted by Crippen LogP contribution is -2.57. The third-order valence-electron chi connectivity index (χ3n) is 8.65. The number of benzene rings is 1. The van der Waals surface area contributed by atoms with Crippen molar-refractivity contribution in [3.63, 3.8) is 0 Å². The van der Waals surface area contributed by atoms with E-state index in [1.54, 1.807) is 42.4 Å². The number of rotatable bonds is 13. The van der Waals surface area contributed by atoms with Crippen LogP contribution in [0, 0.1) is 17.8 Å². The van der Waals surface area contributed by atoms with E-state index in [1.807, 2.05) is 19.9 Å². The SMILES string of the molecule is C=CCCCCOC(=O)[C@H]1[C@H]2C(=O)N(CCO)C(C(=O)N(CC=C)c3ccc(OC)cc3)C23CC(C)[C@]1(C)O3. The van der Waals surface area contributed by atoms with Crippen LogP contribution < -0.4 is 9.64 Å². The van der Waals surface area contributed by atoms with Crippen LogP contribution in [0.4, 0.5) is 5.69 Å². The highest BCUT2D eigenvalue weighted by Gasteiger charge is 2.80. The molecule has 3 fully saturated rings. The van der Waals surface area contributed by atoms with Crippen LogP contribution in [0.3, 0.4) is 0 Å².